The first-order chi connectivity index (χ1) is 10.1. The molecule has 1 aromatic carbocycles. The molecule has 2 unspecified atom stereocenters. The van der Waals surface area contributed by atoms with Gasteiger partial charge in [0.15, 0.2) is 0 Å². The molecular formula is C16H23ClN2O2. The third kappa shape index (κ3) is 4.43. The molecular weight excluding hydrogens is 288 g/mol. The fourth-order valence-corrected chi connectivity index (χ4v) is 2.80. The highest BCUT2D eigenvalue weighted by Crippen LogP contribution is 2.21. The molecule has 0 aromatic heterocycles. The Balaban J connectivity index is 1.98. The van der Waals surface area contributed by atoms with Gasteiger partial charge in [0, 0.05) is 24.2 Å². The van der Waals surface area contributed by atoms with Crippen molar-refractivity contribution >= 4 is 17.5 Å². The summed E-state index contributed by atoms with van der Waals surface area (Å²) in [7, 11) is 0. The SMILES string of the molecule is CCC(NC(C)C(=O)N1CCOCC1)c1cccc(Cl)c1. The van der Waals surface area contributed by atoms with Crippen LogP contribution < -0.4 is 5.32 Å². The largest absolute Gasteiger partial charge is 0.378 e. The lowest BCUT2D eigenvalue weighted by atomic mass is 10.0. The first kappa shape index (κ1) is 16.3. The summed E-state index contributed by atoms with van der Waals surface area (Å²) >= 11 is 6.05. The van der Waals surface area contributed by atoms with E-state index in [-0.39, 0.29) is 18.0 Å². The molecule has 1 N–H and O–H groups in total. The van der Waals surface area contributed by atoms with Crippen LogP contribution in [0, 0.1) is 0 Å². The summed E-state index contributed by atoms with van der Waals surface area (Å²) in [5, 5.41) is 4.14. The van der Waals surface area contributed by atoms with E-state index >= 15 is 0 Å². The van der Waals surface area contributed by atoms with E-state index in [1.54, 1.807) is 0 Å². The third-order valence-electron chi connectivity index (χ3n) is 3.80. The molecule has 116 valence electrons. The van der Waals surface area contributed by atoms with E-state index in [0.29, 0.717) is 26.3 Å². The average molecular weight is 311 g/mol. The number of hydrogen-bond donors (Lipinski definition) is 1. The van der Waals surface area contributed by atoms with Crippen LogP contribution >= 0.6 is 11.6 Å². The van der Waals surface area contributed by atoms with Gasteiger partial charge in [0.05, 0.1) is 19.3 Å². The monoisotopic (exact) mass is 310 g/mol. The Kier molecular flexibility index (Phi) is 6.03. The van der Waals surface area contributed by atoms with Crippen molar-refractivity contribution in [3.63, 3.8) is 0 Å². The van der Waals surface area contributed by atoms with E-state index in [9.17, 15) is 4.79 Å². The van der Waals surface area contributed by atoms with Crippen LogP contribution in [0.2, 0.25) is 5.02 Å². The molecule has 1 fully saturated rings. The lowest BCUT2D eigenvalue weighted by Gasteiger charge is -2.31. The summed E-state index contributed by atoms with van der Waals surface area (Å²) < 4.78 is 5.29. The normalized spacial score (nSPS) is 18.3. The molecule has 0 saturated carbocycles. The molecule has 1 saturated heterocycles. The highest BCUT2D eigenvalue weighted by Gasteiger charge is 2.24. The van der Waals surface area contributed by atoms with Crippen LogP contribution in [0.25, 0.3) is 0 Å². The van der Waals surface area contributed by atoms with Crippen LogP contribution in [-0.4, -0.2) is 43.2 Å². The Morgan fingerprint density at radius 2 is 2.14 bits per heavy atom. The second kappa shape index (κ2) is 7.78. The summed E-state index contributed by atoms with van der Waals surface area (Å²) in [6, 6.07) is 7.71. The molecule has 1 aromatic rings. The van der Waals surface area contributed by atoms with Crippen molar-refractivity contribution in [2.24, 2.45) is 0 Å². The van der Waals surface area contributed by atoms with Gasteiger partial charge in [-0.05, 0) is 31.0 Å². The van der Waals surface area contributed by atoms with Gasteiger partial charge >= 0.3 is 0 Å². The van der Waals surface area contributed by atoms with Gasteiger partial charge in [-0.3, -0.25) is 10.1 Å². The van der Waals surface area contributed by atoms with Gasteiger partial charge in [0.1, 0.15) is 0 Å². The molecule has 0 spiro atoms. The lowest BCUT2D eigenvalue weighted by Crippen LogP contribution is -2.49. The van der Waals surface area contributed by atoms with Crippen LogP contribution in [0.5, 0.6) is 0 Å². The minimum Gasteiger partial charge on any atom is -0.378 e. The first-order valence-corrected chi connectivity index (χ1v) is 7.87. The molecule has 0 bridgehead atoms. The highest BCUT2D eigenvalue weighted by atomic mass is 35.5. The Hall–Kier alpha value is -1.10. The zero-order chi connectivity index (χ0) is 15.2. The predicted molar refractivity (Wildman–Crippen MR) is 84.5 cm³/mol. The molecule has 1 heterocycles. The second-order valence-corrected chi connectivity index (χ2v) is 5.78. The van der Waals surface area contributed by atoms with Gasteiger partial charge in [0.2, 0.25) is 5.91 Å². The molecule has 0 radical (unpaired) electrons. The number of halogens is 1. The molecule has 2 rings (SSSR count). The highest BCUT2D eigenvalue weighted by molar-refractivity contribution is 6.30. The molecule has 1 aliphatic heterocycles. The number of carbonyl (C=O) groups is 1. The Labute approximate surface area is 131 Å². The number of morpholine rings is 1. The number of carbonyl (C=O) groups excluding carboxylic acids is 1. The van der Waals surface area contributed by atoms with Gasteiger partial charge in [-0.25, -0.2) is 0 Å². The van der Waals surface area contributed by atoms with Crippen molar-refractivity contribution in [1.82, 2.24) is 10.2 Å². The van der Waals surface area contributed by atoms with E-state index in [2.05, 4.69) is 12.2 Å². The van der Waals surface area contributed by atoms with E-state index in [1.165, 1.54) is 0 Å². The lowest BCUT2D eigenvalue weighted by molar-refractivity contribution is -0.137. The van der Waals surface area contributed by atoms with Gasteiger partial charge in [-0.1, -0.05) is 30.7 Å². The van der Waals surface area contributed by atoms with E-state index < -0.39 is 0 Å². The maximum absolute atomic E-state index is 12.4. The minimum absolute atomic E-state index is 0.128. The van der Waals surface area contributed by atoms with Crippen LogP contribution in [0.15, 0.2) is 24.3 Å². The number of hydrogen-bond acceptors (Lipinski definition) is 3. The van der Waals surface area contributed by atoms with Crippen LogP contribution in [0.4, 0.5) is 0 Å². The van der Waals surface area contributed by atoms with Gasteiger partial charge in [0.25, 0.3) is 0 Å². The smallest absolute Gasteiger partial charge is 0.239 e. The van der Waals surface area contributed by atoms with Crippen LogP contribution in [0.3, 0.4) is 0 Å². The number of nitrogens with one attached hydrogen (secondary N) is 1. The summed E-state index contributed by atoms with van der Waals surface area (Å²) in [4.78, 5) is 14.3. The zero-order valence-corrected chi connectivity index (χ0v) is 13.4. The van der Waals surface area contributed by atoms with E-state index in [0.717, 1.165) is 17.0 Å². The summed E-state index contributed by atoms with van der Waals surface area (Å²) in [6.45, 7) is 6.64. The number of ether oxygens (including phenoxy) is 1. The van der Waals surface area contributed by atoms with Gasteiger partial charge < -0.3 is 9.64 Å². The minimum atomic E-state index is -0.216. The zero-order valence-electron chi connectivity index (χ0n) is 12.6. The van der Waals surface area contributed by atoms with Gasteiger partial charge in [-0.15, -0.1) is 0 Å². The number of rotatable bonds is 5. The molecule has 5 heteroatoms. The van der Waals surface area contributed by atoms with Crippen molar-refractivity contribution in [2.45, 2.75) is 32.4 Å². The molecule has 21 heavy (non-hydrogen) atoms. The number of amides is 1. The van der Waals surface area contributed by atoms with Crippen LogP contribution in [-0.2, 0) is 9.53 Å². The maximum Gasteiger partial charge on any atom is 0.239 e. The molecule has 1 amide bonds. The summed E-state index contributed by atoms with van der Waals surface area (Å²) in [5.41, 5.74) is 1.12. The van der Waals surface area contributed by atoms with E-state index in [1.807, 2.05) is 36.1 Å². The molecule has 1 aliphatic rings. The fraction of sp³-hybridized carbons (Fsp3) is 0.562. The molecule has 4 nitrogen and oxygen atoms in total. The number of nitrogens with zero attached hydrogens (tertiary/aromatic N) is 1. The van der Waals surface area contributed by atoms with Crippen molar-refractivity contribution in [1.29, 1.82) is 0 Å². The summed E-state index contributed by atoms with van der Waals surface area (Å²) in [6.07, 6.45) is 0.904. The first-order valence-electron chi connectivity index (χ1n) is 7.50. The molecule has 2 atom stereocenters. The quantitative estimate of drug-likeness (QED) is 0.909. The fourth-order valence-electron chi connectivity index (χ4n) is 2.60. The Bertz CT molecular complexity index is 475. The van der Waals surface area contributed by atoms with Crippen molar-refractivity contribution in [3.05, 3.63) is 34.9 Å². The standard InChI is InChI=1S/C16H23ClN2O2/c1-3-15(13-5-4-6-14(17)11-13)18-12(2)16(20)19-7-9-21-10-8-19/h4-6,11-12,15,18H,3,7-10H2,1-2H3. The number of benzene rings is 1. The topological polar surface area (TPSA) is 41.6 Å². The summed E-state index contributed by atoms with van der Waals surface area (Å²) in [5.74, 6) is 0.138. The average Bonchev–Trinajstić information content (AvgIpc) is 2.52. The Morgan fingerprint density at radius 3 is 2.76 bits per heavy atom. The second-order valence-electron chi connectivity index (χ2n) is 5.34. The third-order valence-corrected chi connectivity index (χ3v) is 4.04. The van der Waals surface area contributed by atoms with Crippen LogP contribution in [0.1, 0.15) is 31.9 Å². The van der Waals surface area contributed by atoms with E-state index in [4.69, 9.17) is 16.3 Å². The van der Waals surface area contributed by atoms with Crippen molar-refractivity contribution in [3.8, 4) is 0 Å². The van der Waals surface area contributed by atoms with Crippen molar-refractivity contribution < 1.29 is 9.53 Å². The van der Waals surface area contributed by atoms with Crippen molar-refractivity contribution in [2.75, 3.05) is 26.3 Å². The maximum atomic E-state index is 12.4. The molecule has 0 aliphatic carbocycles. The van der Waals surface area contributed by atoms with Gasteiger partial charge in [-0.2, -0.15) is 0 Å². The predicted octanol–water partition coefficient (Wildman–Crippen LogP) is 2.63. The Morgan fingerprint density at radius 1 is 1.43 bits per heavy atom.